The summed E-state index contributed by atoms with van der Waals surface area (Å²) < 4.78 is 13.3. The van der Waals surface area contributed by atoms with E-state index >= 15 is 0 Å². The van der Waals surface area contributed by atoms with Crippen LogP contribution in [0.2, 0.25) is 0 Å². The molecule has 0 aliphatic heterocycles. The summed E-state index contributed by atoms with van der Waals surface area (Å²) in [5, 5.41) is 0. The molecule has 0 aromatic heterocycles. The van der Waals surface area contributed by atoms with Crippen LogP contribution in [0.5, 0.6) is 0 Å². The molecule has 0 nitrogen and oxygen atoms in total. The fraction of sp³-hybridized carbons (Fsp3) is 0.250. The number of hydrogen-bond donors (Lipinski definition) is 0. The van der Waals surface area contributed by atoms with Crippen molar-refractivity contribution in [2.75, 3.05) is 0 Å². The maximum absolute atomic E-state index is 13.3. The first-order valence-corrected chi connectivity index (χ1v) is 4.43. The quantitative estimate of drug-likeness (QED) is 0.662. The summed E-state index contributed by atoms with van der Waals surface area (Å²) in [5.74, 6) is 0.878. The lowest BCUT2D eigenvalue weighted by atomic mass is 9.99. The molecule has 0 saturated heterocycles. The summed E-state index contributed by atoms with van der Waals surface area (Å²) >= 11 is 0. The van der Waals surface area contributed by atoms with Gasteiger partial charge in [0.05, 0.1) is 0 Å². The Labute approximate surface area is 79.1 Å². The molecule has 0 amide bonds. The number of aryl methyl sites for hydroxylation is 1. The summed E-state index contributed by atoms with van der Waals surface area (Å²) in [6.45, 7) is 7.52. The number of benzene rings is 1. The van der Waals surface area contributed by atoms with Crippen molar-refractivity contribution in [3.63, 3.8) is 0 Å². The Hall–Kier alpha value is -1.11. The van der Waals surface area contributed by atoms with Crippen molar-refractivity contribution in [2.45, 2.75) is 20.3 Å². The van der Waals surface area contributed by atoms with Crippen LogP contribution in [0.3, 0.4) is 0 Å². The summed E-state index contributed by atoms with van der Waals surface area (Å²) in [6, 6.07) is 5.33. The number of halogens is 1. The maximum atomic E-state index is 13.3. The van der Waals surface area contributed by atoms with Crippen LogP contribution >= 0.6 is 0 Å². The van der Waals surface area contributed by atoms with Gasteiger partial charge in [0, 0.05) is 5.92 Å². The van der Waals surface area contributed by atoms with Gasteiger partial charge in [-0.15, -0.1) is 6.58 Å². The largest absolute Gasteiger partial charge is 0.207 e. The van der Waals surface area contributed by atoms with Crippen molar-refractivity contribution in [1.82, 2.24) is 0 Å². The van der Waals surface area contributed by atoms with Crippen LogP contribution in [-0.4, -0.2) is 0 Å². The lowest BCUT2D eigenvalue weighted by molar-refractivity contribution is 0.611. The van der Waals surface area contributed by atoms with E-state index in [4.69, 9.17) is 0 Å². The van der Waals surface area contributed by atoms with Gasteiger partial charge in [0.2, 0.25) is 0 Å². The SMILES string of the molecule is C=C[C](C)c1ccc(CC)c(F)c1. The van der Waals surface area contributed by atoms with E-state index in [-0.39, 0.29) is 5.82 Å². The maximum Gasteiger partial charge on any atom is 0.126 e. The topological polar surface area (TPSA) is 0 Å². The lowest BCUT2D eigenvalue weighted by Crippen LogP contribution is -1.94. The van der Waals surface area contributed by atoms with Crippen molar-refractivity contribution in [1.29, 1.82) is 0 Å². The van der Waals surface area contributed by atoms with Gasteiger partial charge >= 0.3 is 0 Å². The fourth-order valence-electron chi connectivity index (χ4n) is 1.20. The molecule has 69 valence electrons. The second-order valence-electron chi connectivity index (χ2n) is 3.05. The minimum Gasteiger partial charge on any atom is -0.207 e. The molecule has 0 aliphatic carbocycles. The zero-order chi connectivity index (χ0) is 9.84. The molecule has 1 radical (unpaired) electrons. The minimum absolute atomic E-state index is 0.124. The van der Waals surface area contributed by atoms with E-state index in [1.165, 1.54) is 0 Å². The molecule has 1 rings (SSSR count). The molecule has 0 fully saturated rings. The number of allylic oxidation sites excluding steroid dienone is 1. The third-order valence-corrected chi connectivity index (χ3v) is 2.20. The van der Waals surface area contributed by atoms with Crippen LogP contribution in [0, 0.1) is 11.7 Å². The molecule has 0 aliphatic rings. The Kier molecular flexibility index (Phi) is 3.24. The Morgan fingerprint density at radius 1 is 1.54 bits per heavy atom. The van der Waals surface area contributed by atoms with Gasteiger partial charge in [-0.05, 0) is 23.6 Å². The zero-order valence-corrected chi connectivity index (χ0v) is 8.10. The van der Waals surface area contributed by atoms with E-state index in [2.05, 4.69) is 6.58 Å². The van der Waals surface area contributed by atoms with Crippen LogP contribution in [0.15, 0.2) is 30.9 Å². The molecule has 0 unspecified atom stereocenters. The number of hydrogen-bond acceptors (Lipinski definition) is 0. The van der Waals surface area contributed by atoms with Gasteiger partial charge in [-0.3, -0.25) is 0 Å². The first-order valence-electron chi connectivity index (χ1n) is 4.43. The van der Waals surface area contributed by atoms with E-state index in [1.807, 2.05) is 26.0 Å². The highest BCUT2D eigenvalue weighted by molar-refractivity contribution is 5.37. The molecular formula is C12H14F. The fourth-order valence-corrected chi connectivity index (χ4v) is 1.20. The summed E-state index contributed by atoms with van der Waals surface area (Å²) in [6.07, 6.45) is 2.47. The van der Waals surface area contributed by atoms with Gasteiger partial charge in [-0.1, -0.05) is 32.1 Å². The third kappa shape index (κ3) is 2.18. The van der Waals surface area contributed by atoms with Gasteiger partial charge in [0.1, 0.15) is 5.82 Å². The molecule has 1 heteroatoms. The van der Waals surface area contributed by atoms with E-state index < -0.39 is 0 Å². The van der Waals surface area contributed by atoms with Crippen molar-refractivity contribution < 1.29 is 4.39 Å². The van der Waals surface area contributed by atoms with E-state index in [0.29, 0.717) is 0 Å². The second kappa shape index (κ2) is 4.22. The van der Waals surface area contributed by atoms with Crippen molar-refractivity contribution in [2.24, 2.45) is 0 Å². The molecular weight excluding hydrogens is 163 g/mol. The monoisotopic (exact) mass is 177 g/mol. The van der Waals surface area contributed by atoms with Crippen LogP contribution in [0.1, 0.15) is 25.0 Å². The van der Waals surface area contributed by atoms with Crippen LogP contribution in [-0.2, 0) is 6.42 Å². The highest BCUT2D eigenvalue weighted by atomic mass is 19.1. The summed E-state index contributed by atoms with van der Waals surface area (Å²) in [4.78, 5) is 0. The first-order chi connectivity index (χ1) is 6.19. The lowest BCUT2D eigenvalue weighted by Gasteiger charge is -2.07. The predicted octanol–water partition coefficient (Wildman–Crippen LogP) is 3.52. The van der Waals surface area contributed by atoms with Gasteiger partial charge in [-0.2, -0.15) is 0 Å². The van der Waals surface area contributed by atoms with Crippen LogP contribution < -0.4 is 0 Å². The van der Waals surface area contributed by atoms with Crippen molar-refractivity contribution >= 4 is 0 Å². The molecule has 0 N–H and O–H groups in total. The standard InChI is InChI=1S/C12H14F/c1-4-9(3)11-7-6-10(5-2)12(13)8-11/h4,6-8H,1,5H2,2-3H3. The smallest absolute Gasteiger partial charge is 0.126 e. The van der Waals surface area contributed by atoms with E-state index in [0.717, 1.165) is 23.5 Å². The highest BCUT2D eigenvalue weighted by Gasteiger charge is 2.05. The Morgan fingerprint density at radius 3 is 2.69 bits per heavy atom. The van der Waals surface area contributed by atoms with Crippen molar-refractivity contribution in [3.05, 3.63) is 53.7 Å². The average molecular weight is 177 g/mol. The van der Waals surface area contributed by atoms with E-state index in [9.17, 15) is 4.39 Å². The predicted molar refractivity (Wildman–Crippen MR) is 54.0 cm³/mol. The molecule has 0 saturated carbocycles. The molecule has 0 spiro atoms. The Bertz CT molecular complexity index is 302. The molecule has 13 heavy (non-hydrogen) atoms. The minimum atomic E-state index is -0.124. The number of rotatable bonds is 3. The zero-order valence-electron chi connectivity index (χ0n) is 8.10. The van der Waals surface area contributed by atoms with Gasteiger partial charge in [0.25, 0.3) is 0 Å². The molecule has 0 heterocycles. The van der Waals surface area contributed by atoms with Crippen LogP contribution in [0.4, 0.5) is 4.39 Å². The Balaban J connectivity index is 3.02. The van der Waals surface area contributed by atoms with Crippen molar-refractivity contribution in [3.8, 4) is 0 Å². The second-order valence-corrected chi connectivity index (χ2v) is 3.05. The van der Waals surface area contributed by atoms with E-state index in [1.54, 1.807) is 12.1 Å². The first kappa shape index (κ1) is 9.97. The molecule has 1 aromatic rings. The highest BCUT2D eigenvalue weighted by Crippen LogP contribution is 2.18. The normalized spacial score (nSPS) is 10.5. The summed E-state index contributed by atoms with van der Waals surface area (Å²) in [5.41, 5.74) is 1.67. The van der Waals surface area contributed by atoms with Gasteiger partial charge < -0.3 is 0 Å². The Morgan fingerprint density at radius 2 is 2.23 bits per heavy atom. The van der Waals surface area contributed by atoms with Crippen LogP contribution in [0.25, 0.3) is 0 Å². The third-order valence-electron chi connectivity index (χ3n) is 2.20. The molecule has 0 atom stereocenters. The van der Waals surface area contributed by atoms with Gasteiger partial charge in [0.15, 0.2) is 0 Å². The molecule has 0 bridgehead atoms. The molecule has 1 aromatic carbocycles. The summed E-state index contributed by atoms with van der Waals surface area (Å²) in [7, 11) is 0. The van der Waals surface area contributed by atoms with Gasteiger partial charge in [-0.25, -0.2) is 4.39 Å². The average Bonchev–Trinajstić information content (AvgIpc) is 2.16.